The number of rotatable bonds is 6. The number of amides is 2. The van der Waals surface area contributed by atoms with Gasteiger partial charge in [0.25, 0.3) is 5.91 Å². The van der Waals surface area contributed by atoms with Crippen LogP contribution in [-0.2, 0) is 11.3 Å². The molecule has 2 N–H and O–H groups in total. The summed E-state index contributed by atoms with van der Waals surface area (Å²) in [5, 5.41) is 5.52. The van der Waals surface area contributed by atoms with E-state index in [0.29, 0.717) is 17.9 Å². The van der Waals surface area contributed by atoms with Crippen molar-refractivity contribution in [1.29, 1.82) is 0 Å². The fourth-order valence-electron chi connectivity index (χ4n) is 2.46. The molecule has 0 unspecified atom stereocenters. The summed E-state index contributed by atoms with van der Waals surface area (Å²) in [6, 6.07) is 11.8. The number of hydrogen-bond donors (Lipinski definition) is 2. The van der Waals surface area contributed by atoms with Crippen LogP contribution >= 0.6 is 0 Å². The molecule has 0 spiro atoms. The van der Waals surface area contributed by atoms with E-state index in [9.17, 15) is 9.59 Å². The number of hydrogen-bond acceptors (Lipinski definition) is 4. The third kappa shape index (κ3) is 4.13. The van der Waals surface area contributed by atoms with Crippen LogP contribution in [0.4, 0.5) is 0 Å². The van der Waals surface area contributed by atoms with Crippen molar-refractivity contribution in [3.05, 3.63) is 78.5 Å². The van der Waals surface area contributed by atoms with Gasteiger partial charge in [-0.25, -0.2) is 9.97 Å². The molecule has 1 aromatic carbocycles. The summed E-state index contributed by atoms with van der Waals surface area (Å²) in [5.74, 6) is 0.148. The van der Waals surface area contributed by atoms with E-state index in [1.54, 1.807) is 60.7 Å². The van der Waals surface area contributed by atoms with Gasteiger partial charge in [-0.1, -0.05) is 24.3 Å². The molecule has 3 rings (SSSR count). The first-order valence-electron chi connectivity index (χ1n) is 8.21. The molecule has 2 heterocycles. The molecule has 0 fully saturated rings. The van der Waals surface area contributed by atoms with Crippen LogP contribution in [-0.4, -0.2) is 32.4 Å². The van der Waals surface area contributed by atoms with Gasteiger partial charge in [-0.15, -0.1) is 0 Å². The van der Waals surface area contributed by atoms with Crippen molar-refractivity contribution in [2.75, 3.05) is 0 Å². The standard InChI is InChI=1S/C19H19N5O2/c1-14(23-19(26)15-6-3-2-4-7-15)18(25)22-12-16-8-5-9-21-17(16)24-11-10-20-13-24/h2-11,13-14H,12H2,1H3,(H,22,25)(H,23,26)/t14-/m0/s1. The lowest BCUT2D eigenvalue weighted by Gasteiger charge is -2.15. The Morgan fingerprint density at radius 3 is 2.65 bits per heavy atom. The van der Waals surface area contributed by atoms with Crippen molar-refractivity contribution in [1.82, 2.24) is 25.2 Å². The van der Waals surface area contributed by atoms with E-state index in [1.165, 1.54) is 0 Å². The predicted molar refractivity (Wildman–Crippen MR) is 96.6 cm³/mol. The second-order valence-electron chi connectivity index (χ2n) is 5.74. The molecule has 0 radical (unpaired) electrons. The van der Waals surface area contributed by atoms with Crippen LogP contribution < -0.4 is 10.6 Å². The Labute approximate surface area is 151 Å². The van der Waals surface area contributed by atoms with Gasteiger partial charge in [-0.2, -0.15) is 0 Å². The summed E-state index contributed by atoms with van der Waals surface area (Å²) in [4.78, 5) is 32.8. The van der Waals surface area contributed by atoms with Crippen LogP contribution in [0.5, 0.6) is 0 Å². The van der Waals surface area contributed by atoms with E-state index in [1.807, 2.05) is 18.2 Å². The molecule has 0 aliphatic carbocycles. The van der Waals surface area contributed by atoms with E-state index >= 15 is 0 Å². The lowest BCUT2D eigenvalue weighted by atomic mass is 10.2. The van der Waals surface area contributed by atoms with Gasteiger partial charge in [-0.05, 0) is 25.1 Å². The summed E-state index contributed by atoms with van der Waals surface area (Å²) in [6.07, 6.45) is 6.79. The van der Waals surface area contributed by atoms with E-state index < -0.39 is 6.04 Å². The number of carbonyl (C=O) groups is 2. The molecule has 0 aliphatic rings. The zero-order chi connectivity index (χ0) is 18.4. The van der Waals surface area contributed by atoms with Crippen LogP contribution in [0.2, 0.25) is 0 Å². The fourth-order valence-corrected chi connectivity index (χ4v) is 2.46. The summed E-state index contributed by atoms with van der Waals surface area (Å²) < 4.78 is 1.78. The van der Waals surface area contributed by atoms with Crippen LogP contribution in [0.25, 0.3) is 5.82 Å². The van der Waals surface area contributed by atoms with Crippen molar-refractivity contribution < 1.29 is 9.59 Å². The minimum Gasteiger partial charge on any atom is -0.350 e. The van der Waals surface area contributed by atoms with Gasteiger partial charge in [0.2, 0.25) is 5.91 Å². The zero-order valence-corrected chi connectivity index (χ0v) is 14.3. The molecule has 132 valence electrons. The van der Waals surface area contributed by atoms with Gasteiger partial charge < -0.3 is 10.6 Å². The van der Waals surface area contributed by atoms with Crippen molar-refractivity contribution in [2.45, 2.75) is 19.5 Å². The second kappa shape index (κ2) is 8.06. The Morgan fingerprint density at radius 2 is 1.92 bits per heavy atom. The van der Waals surface area contributed by atoms with E-state index in [4.69, 9.17) is 0 Å². The molecule has 26 heavy (non-hydrogen) atoms. The second-order valence-corrected chi connectivity index (χ2v) is 5.74. The SMILES string of the molecule is C[C@H](NC(=O)c1ccccc1)C(=O)NCc1cccnc1-n1ccnc1. The van der Waals surface area contributed by atoms with Gasteiger partial charge in [-0.3, -0.25) is 14.2 Å². The van der Waals surface area contributed by atoms with Crippen LogP contribution in [0.15, 0.2) is 67.4 Å². The Bertz CT molecular complexity index is 878. The molecule has 2 aromatic heterocycles. The average molecular weight is 349 g/mol. The van der Waals surface area contributed by atoms with Crippen LogP contribution in [0, 0.1) is 0 Å². The topological polar surface area (TPSA) is 88.9 Å². The Balaban J connectivity index is 1.60. The van der Waals surface area contributed by atoms with E-state index in [-0.39, 0.29) is 11.8 Å². The largest absolute Gasteiger partial charge is 0.350 e. The molecule has 1 atom stereocenters. The van der Waals surface area contributed by atoms with Gasteiger partial charge in [0, 0.05) is 36.3 Å². The number of imidazole rings is 1. The van der Waals surface area contributed by atoms with E-state index in [2.05, 4.69) is 20.6 Å². The number of benzene rings is 1. The van der Waals surface area contributed by atoms with Crippen molar-refractivity contribution >= 4 is 11.8 Å². The Kier molecular flexibility index (Phi) is 5.38. The molecule has 2 amide bonds. The van der Waals surface area contributed by atoms with Crippen LogP contribution in [0.1, 0.15) is 22.8 Å². The number of aromatic nitrogens is 3. The van der Waals surface area contributed by atoms with Crippen molar-refractivity contribution in [2.24, 2.45) is 0 Å². The summed E-state index contributed by atoms with van der Waals surface area (Å²) in [5.41, 5.74) is 1.36. The first kappa shape index (κ1) is 17.3. The highest BCUT2D eigenvalue weighted by molar-refractivity contribution is 5.97. The highest BCUT2D eigenvalue weighted by Crippen LogP contribution is 2.10. The maximum absolute atomic E-state index is 12.3. The molecule has 0 saturated heterocycles. The zero-order valence-electron chi connectivity index (χ0n) is 14.3. The molecule has 0 saturated carbocycles. The number of nitrogens with one attached hydrogen (secondary N) is 2. The number of nitrogens with zero attached hydrogens (tertiary/aromatic N) is 3. The van der Waals surface area contributed by atoms with Crippen molar-refractivity contribution in [3.8, 4) is 5.82 Å². The molecule has 7 nitrogen and oxygen atoms in total. The molecule has 7 heteroatoms. The van der Waals surface area contributed by atoms with Gasteiger partial charge >= 0.3 is 0 Å². The maximum atomic E-state index is 12.3. The minimum atomic E-state index is -0.656. The van der Waals surface area contributed by atoms with E-state index in [0.717, 1.165) is 5.56 Å². The minimum absolute atomic E-state index is 0.269. The van der Waals surface area contributed by atoms with Gasteiger partial charge in [0.05, 0.1) is 0 Å². The third-order valence-electron chi connectivity index (χ3n) is 3.85. The predicted octanol–water partition coefficient (Wildman–Crippen LogP) is 1.70. The highest BCUT2D eigenvalue weighted by atomic mass is 16.2. The first-order chi connectivity index (χ1) is 12.6. The molecule has 3 aromatic rings. The molecule has 0 aliphatic heterocycles. The molecular formula is C19H19N5O2. The lowest BCUT2D eigenvalue weighted by Crippen LogP contribution is -2.44. The summed E-state index contributed by atoms with van der Waals surface area (Å²) in [7, 11) is 0. The number of carbonyl (C=O) groups excluding carboxylic acids is 2. The Morgan fingerprint density at radius 1 is 1.12 bits per heavy atom. The van der Waals surface area contributed by atoms with Crippen molar-refractivity contribution in [3.63, 3.8) is 0 Å². The summed E-state index contributed by atoms with van der Waals surface area (Å²) >= 11 is 0. The molecular weight excluding hydrogens is 330 g/mol. The normalized spacial score (nSPS) is 11.6. The summed E-state index contributed by atoms with van der Waals surface area (Å²) in [6.45, 7) is 1.95. The monoisotopic (exact) mass is 349 g/mol. The average Bonchev–Trinajstić information content (AvgIpc) is 3.21. The fraction of sp³-hybridized carbons (Fsp3) is 0.158. The maximum Gasteiger partial charge on any atom is 0.251 e. The van der Waals surface area contributed by atoms with Gasteiger partial charge in [0.15, 0.2) is 0 Å². The highest BCUT2D eigenvalue weighted by Gasteiger charge is 2.17. The first-order valence-corrected chi connectivity index (χ1v) is 8.21. The molecule has 0 bridgehead atoms. The van der Waals surface area contributed by atoms with Gasteiger partial charge in [0.1, 0.15) is 18.2 Å². The number of pyridine rings is 1. The third-order valence-corrected chi connectivity index (χ3v) is 3.85. The lowest BCUT2D eigenvalue weighted by molar-refractivity contribution is -0.122. The smallest absolute Gasteiger partial charge is 0.251 e. The van der Waals surface area contributed by atoms with Crippen LogP contribution in [0.3, 0.4) is 0 Å². The Hall–Kier alpha value is -3.48. The quantitative estimate of drug-likeness (QED) is 0.709.